The van der Waals surface area contributed by atoms with Gasteiger partial charge in [-0.15, -0.1) is 0 Å². The average molecular weight is 455 g/mol. The molecule has 0 aliphatic carbocycles. The Morgan fingerprint density at radius 2 is 1.81 bits per heavy atom. The van der Waals surface area contributed by atoms with Crippen molar-refractivity contribution in [3.05, 3.63) is 77.4 Å². The second-order valence-corrected chi connectivity index (χ2v) is 8.91. The monoisotopic (exact) mass is 454 g/mol. The predicted octanol–water partition coefficient (Wildman–Crippen LogP) is 3.46. The van der Waals surface area contributed by atoms with Crippen LogP contribution in [0.25, 0.3) is 0 Å². The lowest BCUT2D eigenvalue weighted by Gasteiger charge is -2.14. The fourth-order valence-corrected chi connectivity index (χ4v) is 4.33. The van der Waals surface area contributed by atoms with Gasteiger partial charge in [0.2, 0.25) is 16.8 Å². The molecule has 0 bridgehead atoms. The van der Waals surface area contributed by atoms with E-state index in [9.17, 15) is 13.2 Å². The average Bonchev–Trinajstić information content (AvgIpc) is 3.26. The number of hydrogen-bond donors (Lipinski definition) is 2. The highest BCUT2D eigenvalue weighted by Crippen LogP contribution is 2.33. The summed E-state index contributed by atoms with van der Waals surface area (Å²) in [5.74, 6) is 1.19. The van der Waals surface area contributed by atoms with Crippen molar-refractivity contribution in [1.82, 2.24) is 4.72 Å². The first-order valence-corrected chi connectivity index (χ1v) is 11.3. The van der Waals surface area contributed by atoms with Gasteiger partial charge in [0.25, 0.3) is 5.91 Å². The van der Waals surface area contributed by atoms with Crippen LogP contribution in [-0.4, -0.2) is 28.2 Å². The van der Waals surface area contributed by atoms with Gasteiger partial charge in [0.15, 0.2) is 11.5 Å². The molecule has 1 aliphatic heterocycles. The van der Waals surface area contributed by atoms with E-state index in [1.807, 2.05) is 19.1 Å². The van der Waals surface area contributed by atoms with E-state index >= 15 is 0 Å². The number of amides is 1. The third-order valence-corrected chi connectivity index (χ3v) is 6.42. The zero-order valence-electron chi connectivity index (χ0n) is 17.5. The minimum atomic E-state index is -3.86. The van der Waals surface area contributed by atoms with Crippen LogP contribution in [0.2, 0.25) is 0 Å². The molecular weight excluding hydrogens is 432 g/mol. The summed E-state index contributed by atoms with van der Waals surface area (Å²) in [6.07, 6.45) is 0. The first-order valence-electron chi connectivity index (χ1n) is 9.80. The van der Waals surface area contributed by atoms with Crippen LogP contribution < -0.4 is 24.2 Å². The minimum Gasteiger partial charge on any atom is -0.495 e. The summed E-state index contributed by atoms with van der Waals surface area (Å²) in [4.78, 5) is 12.7. The highest BCUT2D eigenvalue weighted by molar-refractivity contribution is 7.89. The van der Waals surface area contributed by atoms with Crippen LogP contribution in [0, 0.1) is 6.92 Å². The van der Waals surface area contributed by atoms with Gasteiger partial charge in [0.05, 0.1) is 17.7 Å². The van der Waals surface area contributed by atoms with E-state index in [0.717, 1.165) is 11.1 Å². The molecule has 0 radical (unpaired) electrons. The van der Waals surface area contributed by atoms with Crippen LogP contribution in [0.1, 0.15) is 21.5 Å². The third-order valence-electron chi connectivity index (χ3n) is 5.02. The van der Waals surface area contributed by atoms with E-state index < -0.39 is 10.0 Å². The zero-order valence-corrected chi connectivity index (χ0v) is 18.4. The van der Waals surface area contributed by atoms with Crippen molar-refractivity contribution in [2.45, 2.75) is 18.4 Å². The maximum atomic E-state index is 12.9. The molecule has 1 amide bonds. The van der Waals surface area contributed by atoms with Crippen LogP contribution in [0.5, 0.6) is 17.2 Å². The molecule has 4 rings (SSSR count). The number of methoxy groups -OCH3 is 1. The molecule has 9 heteroatoms. The number of nitrogens with one attached hydrogen (secondary N) is 2. The number of fused-ring (bicyclic) bond motifs is 1. The lowest BCUT2D eigenvalue weighted by molar-refractivity contribution is 0.102. The molecule has 0 fully saturated rings. The fraction of sp³-hybridized carbons (Fsp3) is 0.174. The molecule has 0 spiro atoms. The maximum Gasteiger partial charge on any atom is 0.256 e. The second kappa shape index (κ2) is 8.89. The molecule has 8 nitrogen and oxygen atoms in total. The molecule has 1 aliphatic rings. The summed E-state index contributed by atoms with van der Waals surface area (Å²) in [6.45, 7) is 2.04. The number of rotatable bonds is 7. The lowest BCUT2D eigenvalue weighted by atomic mass is 10.1. The summed E-state index contributed by atoms with van der Waals surface area (Å²) in [5.41, 5.74) is 2.27. The number of aryl methyl sites for hydroxylation is 1. The van der Waals surface area contributed by atoms with Crippen molar-refractivity contribution < 1.29 is 27.4 Å². The summed E-state index contributed by atoms with van der Waals surface area (Å²) in [6, 6.07) is 16.6. The molecule has 0 saturated carbocycles. The van der Waals surface area contributed by atoms with Crippen molar-refractivity contribution in [3.63, 3.8) is 0 Å². The Morgan fingerprint density at radius 3 is 2.59 bits per heavy atom. The number of benzene rings is 3. The van der Waals surface area contributed by atoms with Crippen LogP contribution in [-0.2, 0) is 16.6 Å². The van der Waals surface area contributed by atoms with Crippen LogP contribution in [0.15, 0.2) is 65.6 Å². The molecule has 0 unspecified atom stereocenters. The number of ether oxygens (including phenoxy) is 3. The standard InChI is InChI=1S/C23H22N2O6S/c1-15-5-3-4-6-18(15)23(26)25-19-12-17(8-10-20(19)29-2)32(27,28)24-13-16-7-9-21-22(11-16)31-14-30-21/h3-12,24H,13-14H2,1-2H3,(H,25,26). The van der Waals surface area contributed by atoms with Gasteiger partial charge in [0, 0.05) is 12.1 Å². The Hall–Kier alpha value is -3.56. The van der Waals surface area contributed by atoms with Gasteiger partial charge in [-0.3, -0.25) is 4.79 Å². The molecule has 3 aromatic rings. The Morgan fingerprint density at radius 1 is 1.03 bits per heavy atom. The lowest BCUT2D eigenvalue weighted by Crippen LogP contribution is -2.23. The Kier molecular flexibility index (Phi) is 6.02. The maximum absolute atomic E-state index is 12.9. The first kappa shape index (κ1) is 21.7. The molecule has 3 aromatic carbocycles. The van der Waals surface area contributed by atoms with Crippen LogP contribution >= 0.6 is 0 Å². The summed E-state index contributed by atoms with van der Waals surface area (Å²) >= 11 is 0. The molecule has 2 N–H and O–H groups in total. The van der Waals surface area contributed by atoms with Crippen molar-refractivity contribution in [2.75, 3.05) is 19.2 Å². The highest BCUT2D eigenvalue weighted by Gasteiger charge is 2.19. The number of carbonyl (C=O) groups excluding carboxylic acids is 1. The van der Waals surface area contributed by atoms with Crippen molar-refractivity contribution in [1.29, 1.82) is 0 Å². The van der Waals surface area contributed by atoms with E-state index in [1.165, 1.54) is 25.3 Å². The highest BCUT2D eigenvalue weighted by atomic mass is 32.2. The topological polar surface area (TPSA) is 103 Å². The quantitative estimate of drug-likeness (QED) is 0.567. The van der Waals surface area contributed by atoms with E-state index in [1.54, 1.807) is 30.3 Å². The Bertz CT molecular complexity index is 1270. The van der Waals surface area contributed by atoms with Gasteiger partial charge in [-0.25, -0.2) is 13.1 Å². The number of sulfonamides is 1. The Balaban J connectivity index is 1.54. The van der Waals surface area contributed by atoms with E-state index in [-0.39, 0.29) is 29.8 Å². The van der Waals surface area contributed by atoms with Gasteiger partial charge >= 0.3 is 0 Å². The van der Waals surface area contributed by atoms with Crippen molar-refractivity contribution >= 4 is 21.6 Å². The van der Waals surface area contributed by atoms with Gasteiger partial charge < -0.3 is 19.5 Å². The van der Waals surface area contributed by atoms with Gasteiger partial charge in [-0.2, -0.15) is 0 Å². The molecule has 32 heavy (non-hydrogen) atoms. The Labute approximate surface area is 186 Å². The minimum absolute atomic E-state index is 0.000808. The smallest absolute Gasteiger partial charge is 0.256 e. The largest absolute Gasteiger partial charge is 0.495 e. The zero-order chi connectivity index (χ0) is 22.7. The summed E-state index contributed by atoms with van der Waals surface area (Å²) in [5, 5.41) is 2.75. The first-order chi connectivity index (χ1) is 15.4. The van der Waals surface area contributed by atoms with E-state index in [4.69, 9.17) is 14.2 Å². The normalized spacial score (nSPS) is 12.4. The number of hydrogen-bond acceptors (Lipinski definition) is 6. The number of anilines is 1. The molecular formula is C23H22N2O6S. The van der Waals surface area contributed by atoms with Crippen molar-refractivity contribution in [2.24, 2.45) is 0 Å². The van der Waals surface area contributed by atoms with Gasteiger partial charge in [-0.1, -0.05) is 24.3 Å². The molecule has 0 saturated heterocycles. The molecule has 0 atom stereocenters. The predicted molar refractivity (Wildman–Crippen MR) is 119 cm³/mol. The third kappa shape index (κ3) is 4.53. The summed E-state index contributed by atoms with van der Waals surface area (Å²) in [7, 11) is -2.41. The van der Waals surface area contributed by atoms with E-state index in [0.29, 0.717) is 22.8 Å². The summed E-state index contributed by atoms with van der Waals surface area (Å²) < 4.78 is 44.2. The SMILES string of the molecule is COc1ccc(S(=O)(=O)NCc2ccc3c(c2)OCO3)cc1NC(=O)c1ccccc1C. The fourth-order valence-electron chi connectivity index (χ4n) is 3.28. The van der Waals surface area contributed by atoms with Crippen molar-refractivity contribution in [3.8, 4) is 17.2 Å². The van der Waals surface area contributed by atoms with Crippen LogP contribution in [0.4, 0.5) is 5.69 Å². The molecule has 1 heterocycles. The number of carbonyl (C=O) groups is 1. The van der Waals surface area contributed by atoms with E-state index in [2.05, 4.69) is 10.0 Å². The molecule has 166 valence electrons. The van der Waals surface area contributed by atoms with Gasteiger partial charge in [-0.05, 0) is 54.4 Å². The van der Waals surface area contributed by atoms with Crippen LogP contribution in [0.3, 0.4) is 0 Å². The van der Waals surface area contributed by atoms with Gasteiger partial charge in [0.1, 0.15) is 5.75 Å². The second-order valence-electron chi connectivity index (χ2n) is 7.14. The molecule has 0 aromatic heterocycles.